The van der Waals surface area contributed by atoms with Gasteiger partial charge in [0.1, 0.15) is 0 Å². The first-order valence-electron chi connectivity index (χ1n) is 6.07. The van der Waals surface area contributed by atoms with Crippen molar-refractivity contribution in [2.45, 2.75) is 20.0 Å². The van der Waals surface area contributed by atoms with Crippen LogP contribution in [0.5, 0.6) is 0 Å². The molecule has 0 amide bonds. The Bertz CT molecular complexity index is 543. The maximum Gasteiger partial charge on any atom is 0.0885 e. The number of hydrogen-bond acceptors (Lipinski definition) is 3. The van der Waals surface area contributed by atoms with E-state index in [4.69, 9.17) is 4.74 Å². The van der Waals surface area contributed by atoms with Gasteiger partial charge in [-0.05, 0) is 34.5 Å². The molecule has 1 aromatic carbocycles. The smallest absolute Gasteiger partial charge is 0.0885 e. The molecule has 0 aliphatic carbocycles. The van der Waals surface area contributed by atoms with Crippen LogP contribution < -0.4 is 5.32 Å². The fourth-order valence-corrected chi connectivity index (χ4v) is 2.35. The number of nitrogens with one attached hydrogen (secondary N) is 1. The highest BCUT2D eigenvalue weighted by atomic mass is 79.9. The van der Waals surface area contributed by atoms with E-state index in [1.54, 1.807) is 7.11 Å². The van der Waals surface area contributed by atoms with Gasteiger partial charge in [-0.1, -0.05) is 19.1 Å². The number of para-hydroxylation sites is 1. The van der Waals surface area contributed by atoms with Gasteiger partial charge in [0, 0.05) is 29.2 Å². The van der Waals surface area contributed by atoms with Crippen molar-refractivity contribution in [3.05, 3.63) is 34.4 Å². The zero-order valence-electron chi connectivity index (χ0n) is 10.7. The molecule has 2 aromatic rings. The van der Waals surface area contributed by atoms with Crippen molar-refractivity contribution in [1.29, 1.82) is 0 Å². The second kappa shape index (κ2) is 6.16. The van der Waals surface area contributed by atoms with E-state index in [2.05, 4.69) is 45.3 Å². The maximum atomic E-state index is 5.17. The molecule has 0 aliphatic heterocycles. The summed E-state index contributed by atoms with van der Waals surface area (Å²) in [7, 11) is 1.69. The van der Waals surface area contributed by atoms with E-state index >= 15 is 0 Å². The molecule has 0 saturated heterocycles. The topological polar surface area (TPSA) is 34.1 Å². The Morgan fingerprint density at radius 3 is 2.94 bits per heavy atom. The van der Waals surface area contributed by atoms with Gasteiger partial charge in [0.25, 0.3) is 0 Å². The average molecular weight is 309 g/mol. The average Bonchev–Trinajstić information content (AvgIpc) is 2.37. The molecule has 0 saturated carbocycles. The zero-order chi connectivity index (χ0) is 13.0. The number of nitrogens with zero attached hydrogens (tertiary/aromatic N) is 1. The monoisotopic (exact) mass is 308 g/mol. The standard InChI is InChI=1S/C14H17BrN2O/c1-3-7-16-13-8-10(9-18-2)17-14-11(13)5-4-6-12(14)15/h4-6,8H,3,7,9H2,1-2H3,(H,16,17). The van der Waals surface area contributed by atoms with E-state index in [0.717, 1.165) is 39.7 Å². The van der Waals surface area contributed by atoms with Crippen LogP contribution >= 0.6 is 15.9 Å². The lowest BCUT2D eigenvalue weighted by Crippen LogP contribution is -2.03. The number of hydrogen-bond donors (Lipinski definition) is 1. The first-order chi connectivity index (χ1) is 8.76. The molecular formula is C14H17BrN2O. The van der Waals surface area contributed by atoms with E-state index in [-0.39, 0.29) is 0 Å². The van der Waals surface area contributed by atoms with Crippen molar-refractivity contribution in [3.8, 4) is 0 Å². The number of methoxy groups -OCH3 is 1. The number of halogens is 1. The fraction of sp³-hybridized carbons (Fsp3) is 0.357. The predicted octanol–water partition coefficient (Wildman–Crippen LogP) is 3.97. The molecule has 18 heavy (non-hydrogen) atoms. The van der Waals surface area contributed by atoms with Gasteiger partial charge in [-0.15, -0.1) is 0 Å². The quantitative estimate of drug-likeness (QED) is 0.907. The lowest BCUT2D eigenvalue weighted by Gasteiger charge is -2.12. The van der Waals surface area contributed by atoms with Crippen molar-refractivity contribution >= 4 is 32.5 Å². The SMILES string of the molecule is CCCNc1cc(COC)nc2c(Br)cccc12. The maximum absolute atomic E-state index is 5.17. The van der Waals surface area contributed by atoms with Gasteiger partial charge >= 0.3 is 0 Å². The van der Waals surface area contributed by atoms with Crippen LogP contribution in [0.2, 0.25) is 0 Å². The molecule has 1 heterocycles. The number of pyridine rings is 1. The number of aromatic nitrogens is 1. The fourth-order valence-electron chi connectivity index (χ4n) is 1.89. The van der Waals surface area contributed by atoms with Crippen LogP contribution in [0.25, 0.3) is 10.9 Å². The van der Waals surface area contributed by atoms with Crippen LogP contribution in [0.1, 0.15) is 19.0 Å². The van der Waals surface area contributed by atoms with Gasteiger partial charge < -0.3 is 10.1 Å². The van der Waals surface area contributed by atoms with E-state index in [9.17, 15) is 0 Å². The Morgan fingerprint density at radius 2 is 2.22 bits per heavy atom. The Balaban J connectivity index is 2.53. The number of benzene rings is 1. The predicted molar refractivity (Wildman–Crippen MR) is 78.9 cm³/mol. The first kappa shape index (κ1) is 13.3. The van der Waals surface area contributed by atoms with Crippen LogP contribution in [0.3, 0.4) is 0 Å². The van der Waals surface area contributed by atoms with E-state index in [1.165, 1.54) is 0 Å². The third kappa shape index (κ3) is 2.82. The van der Waals surface area contributed by atoms with Gasteiger partial charge in [0.2, 0.25) is 0 Å². The lowest BCUT2D eigenvalue weighted by atomic mass is 10.1. The molecule has 0 aliphatic rings. The van der Waals surface area contributed by atoms with Crippen LogP contribution in [0.15, 0.2) is 28.7 Å². The summed E-state index contributed by atoms with van der Waals surface area (Å²) in [5.41, 5.74) is 3.04. The highest BCUT2D eigenvalue weighted by Gasteiger charge is 2.07. The number of fused-ring (bicyclic) bond motifs is 1. The highest BCUT2D eigenvalue weighted by molar-refractivity contribution is 9.10. The van der Waals surface area contributed by atoms with Crippen molar-refractivity contribution in [1.82, 2.24) is 4.98 Å². The molecule has 1 aromatic heterocycles. The van der Waals surface area contributed by atoms with Gasteiger partial charge in [-0.25, -0.2) is 4.98 Å². The Labute approximate surface area is 116 Å². The van der Waals surface area contributed by atoms with Crippen molar-refractivity contribution < 1.29 is 4.74 Å². The van der Waals surface area contributed by atoms with Gasteiger partial charge in [-0.3, -0.25) is 0 Å². The van der Waals surface area contributed by atoms with Gasteiger partial charge in [0.05, 0.1) is 17.8 Å². The second-order valence-corrected chi connectivity index (χ2v) is 5.01. The lowest BCUT2D eigenvalue weighted by molar-refractivity contribution is 0.182. The van der Waals surface area contributed by atoms with Crippen LogP contribution in [0, 0.1) is 0 Å². The molecule has 0 bridgehead atoms. The van der Waals surface area contributed by atoms with Crippen LogP contribution in [-0.4, -0.2) is 18.6 Å². The largest absolute Gasteiger partial charge is 0.384 e. The van der Waals surface area contributed by atoms with Crippen molar-refractivity contribution in [2.24, 2.45) is 0 Å². The third-order valence-corrected chi connectivity index (χ3v) is 3.34. The molecule has 1 N–H and O–H groups in total. The minimum atomic E-state index is 0.526. The van der Waals surface area contributed by atoms with Gasteiger partial charge in [-0.2, -0.15) is 0 Å². The second-order valence-electron chi connectivity index (χ2n) is 4.16. The number of anilines is 1. The third-order valence-electron chi connectivity index (χ3n) is 2.70. The normalized spacial score (nSPS) is 10.8. The Kier molecular flexibility index (Phi) is 4.55. The first-order valence-corrected chi connectivity index (χ1v) is 6.86. The molecule has 0 unspecified atom stereocenters. The summed E-state index contributed by atoms with van der Waals surface area (Å²) in [6, 6.07) is 8.19. The van der Waals surface area contributed by atoms with Gasteiger partial charge in [0.15, 0.2) is 0 Å². The Morgan fingerprint density at radius 1 is 1.39 bits per heavy atom. The summed E-state index contributed by atoms with van der Waals surface area (Å²) in [6.45, 7) is 3.64. The minimum absolute atomic E-state index is 0.526. The molecular weight excluding hydrogens is 292 g/mol. The molecule has 0 fully saturated rings. The summed E-state index contributed by atoms with van der Waals surface area (Å²) < 4.78 is 6.18. The van der Waals surface area contributed by atoms with E-state index in [0.29, 0.717) is 6.61 Å². The minimum Gasteiger partial charge on any atom is -0.384 e. The Hall–Kier alpha value is -1.13. The molecule has 2 rings (SSSR count). The number of ether oxygens (including phenoxy) is 1. The van der Waals surface area contributed by atoms with Crippen LogP contribution in [-0.2, 0) is 11.3 Å². The zero-order valence-corrected chi connectivity index (χ0v) is 12.3. The molecule has 0 radical (unpaired) electrons. The summed E-state index contributed by atoms with van der Waals surface area (Å²) in [4.78, 5) is 4.62. The highest BCUT2D eigenvalue weighted by Crippen LogP contribution is 2.28. The number of rotatable bonds is 5. The van der Waals surface area contributed by atoms with Crippen LogP contribution in [0.4, 0.5) is 5.69 Å². The summed E-state index contributed by atoms with van der Waals surface area (Å²) in [5, 5.41) is 4.58. The van der Waals surface area contributed by atoms with Crippen molar-refractivity contribution in [3.63, 3.8) is 0 Å². The van der Waals surface area contributed by atoms with E-state index in [1.807, 2.05) is 12.1 Å². The molecule has 0 spiro atoms. The molecule has 96 valence electrons. The van der Waals surface area contributed by atoms with Crippen molar-refractivity contribution in [2.75, 3.05) is 19.0 Å². The van der Waals surface area contributed by atoms with E-state index < -0.39 is 0 Å². The molecule has 0 atom stereocenters. The summed E-state index contributed by atoms with van der Waals surface area (Å²) >= 11 is 3.55. The molecule has 4 heteroatoms. The molecule has 3 nitrogen and oxygen atoms in total. The summed E-state index contributed by atoms with van der Waals surface area (Å²) in [6.07, 6.45) is 1.09. The summed E-state index contributed by atoms with van der Waals surface area (Å²) in [5.74, 6) is 0.